The molecule has 1 aliphatic carbocycles. The van der Waals surface area contributed by atoms with Crippen molar-refractivity contribution in [2.45, 2.75) is 64.0 Å². The second-order valence-corrected chi connectivity index (χ2v) is 13.7. The molecule has 41 heavy (non-hydrogen) atoms. The Labute approximate surface area is 242 Å². The number of rotatable bonds is 12. The third-order valence-corrected chi connectivity index (χ3v) is 9.12. The predicted octanol–water partition coefficient (Wildman–Crippen LogP) is 3.81. The summed E-state index contributed by atoms with van der Waals surface area (Å²) < 4.78 is 30.7. The van der Waals surface area contributed by atoms with Crippen LogP contribution < -0.4 is 15.4 Å². The molecule has 1 saturated heterocycles. The summed E-state index contributed by atoms with van der Waals surface area (Å²) in [5.41, 5.74) is 0.946. The maximum absolute atomic E-state index is 12.9. The van der Waals surface area contributed by atoms with Crippen LogP contribution in [0.5, 0.6) is 5.75 Å². The lowest BCUT2D eigenvalue weighted by Gasteiger charge is -2.29. The molecule has 11 heteroatoms. The standard InChI is InChI=1S/C30H42N6O4S/c1-3-16-35-17-13-24(21-35)32-29(37)22-8-10-23(11-9-22)33-30-31-15-12-28(34-30)36-18-14-25-26(36)6-4-7-27(25)40-19-5-20-41(2,38)39/h4,6-7,12,14-15,18,22-24H,3,5,8-11,13,16-17,19-21H2,1-2H3,(H,32,37)(H,31,33,34)/t22?,23?,24-/m1/s1. The number of carbonyl (C=O) groups excluding carboxylic acids is 1. The van der Waals surface area contributed by atoms with Gasteiger partial charge in [0.25, 0.3) is 0 Å². The summed E-state index contributed by atoms with van der Waals surface area (Å²) in [5, 5.41) is 7.73. The molecule has 2 aromatic heterocycles. The van der Waals surface area contributed by atoms with Crippen molar-refractivity contribution in [3.05, 3.63) is 42.7 Å². The Balaban J connectivity index is 1.15. The molecule has 1 atom stereocenters. The van der Waals surface area contributed by atoms with Crippen LogP contribution in [0.25, 0.3) is 16.7 Å². The number of aromatic nitrogens is 3. The molecule has 10 nitrogen and oxygen atoms in total. The zero-order chi connectivity index (χ0) is 28.8. The van der Waals surface area contributed by atoms with Gasteiger partial charge in [0.05, 0.1) is 17.9 Å². The number of ether oxygens (including phenoxy) is 1. The molecule has 222 valence electrons. The maximum atomic E-state index is 12.9. The number of anilines is 1. The first kappa shape index (κ1) is 29.3. The second-order valence-electron chi connectivity index (χ2n) is 11.4. The first-order chi connectivity index (χ1) is 19.8. The number of sulfone groups is 1. The Kier molecular flexibility index (Phi) is 9.44. The minimum atomic E-state index is -3.01. The van der Waals surface area contributed by atoms with Gasteiger partial charge in [-0.25, -0.2) is 13.4 Å². The fourth-order valence-electron chi connectivity index (χ4n) is 5.99. The number of nitrogens with zero attached hydrogens (tertiary/aromatic N) is 4. The molecule has 2 aliphatic rings. The molecular weight excluding hydrogens is 540 g/mol. The van der Waals surface area contributed by atoms with Crippen LogP contribution in [0.2, 0.25) is 0 Å². The van der Waals surface area contributed by atoms with Gasteiger partial charge in [-0.3, -0.25) is 4.79 Å². The Morgan fingerprint density at radius 1 is 1.10 bits per heavy atom. The third kappa shape index (κ3) is 7.77. The highest BCUT2D eigenvalue weighted by atomic mass is 32.2. The number of amides is 1. The largest absolute Gasteiger partial charge is 0.493 e. The number of hydrogen-bond donors (Lipinski definition) is 2. The Morgan fingerprint density at radius 2 is 1.93 bits per heavy atom. The van der Waals surface area contributed by atoms with Gasteiger partial charge in [0.2, 0.25) is 11.9 Å². The molecule has 1 amide bonds. The van der Waals surface area contributed by atoms with Gasteiger partial charge < -0.3 is 24.8 Å². The smallest absolute Gasteiger partial charge is 0.224 e. The van der Waals surface area contributed by atoms with Gasteiger partial charge in [0.15, 0.2) is 0 Å². The molecule has 3 aromatic rings. The average molecular weight is 583 g/mol. The molecule has 1 aliphatic heterocycles. The van der Waals surface area contributed by atoms with Gasteiger partial charge in [-0.1, -0.05) is 13.0 Å². The molecule has 2 N–H and O–H groups in total. The lowest BCUT2D eigenvalue weighted by molar-refractivity contribution is -0.126. The van der Waals surface area contributed by atoms with Crippen LogP contribution in [0.15, 0.2) is 42.7 Å². The van der Waals surface area contributed by atoms with Crippen molar-refractivity contribution in [1.29, 1.82) is 0 Å². The maximum Gasteiger partial charge on any atom is 0.224 e. The second kappa shape index (κ2) is 13.2. The first-order valence-electron chi connectivity index (χ1n) is 14.8. The van der Waals surface area contributed by atoms with E-state index < -0.39 is 9.84 Å². The molecule has 1 saturated carbocycles. The highest BCUT2D eigenvalue weighted by molar-refractivity contribution is 7.90. The fourth-order valence-corrected chi connectivity index (χ4v) is 6.63. The van der Waals surface area contributed by atoms with E-state index in [-0.39, 0.29) is 29.7 Å². The first-order valence-corrected chi connectivity index (χ1v) is 16.9. The van der Waals surface area contributed by atoms with Gasteiger partial charge in [-0.05, 0) is 75.8 Å². The minimum Gasteiger partial charge on any atom is -0.493 e. The van der Waals surface area contributed by atoms with E-state index in [0.717, 1.165) is 74.9 Å². The van der Waals surface area contributed by atoms with Crippen LogP contribution >= 0.6 is 0 Å². The van der Waals surface area contributed by atoms with Crippen molar-refractivity contribution in [1.82, 2.24) is 24.8 Å². The molecule has 2 fully saturated rings. The predicted molar refractivity (Wildman–Crippen MR) is 161 cm³/mol. The third-order valence-electron chi connectivity index (χ3n) is 8.09. The molecule has 3 heterocycles. The van der Waals surface area contributed by atoms with E-state index in [1.807, 2.05) is 41.1 Å². The van der Waals surface area contributed by atoms with Gasteiger partial charge in [0.1, 0.15) is 21.4 Å². The van der Waals surface area contributed by atoms with Crippen LogP contribution in [0, 0.1) is 5.92 Å². The van der Waals surface area contributed by atoms with Crippen molar-refractivity contribution in [3.63, 3.8) is 0 Å². The molecule has 0 unspecified atom stereocenters. The quantitative estimate of drug-likeness (QED) is 0.310. The molecule has 0 spiro atoms. The van der Waals surface area contributed by atoms with E-state index in [4.69, 9.17) is 9.72 Å². The summed E-state index contributed by atoms with van der Waals surface area (Å²) in [7, 11) is -3.01. The topological polar surface area (TPSA) is 118 Å². The minimum absolute atomic E-state index is 0.0783. The normalized spacial score (nSPS) is 21.7. The highest BCUT2D eigenvalue weighted by Crippen LogP contribution is 2.30. The number of carbonyl (C=O) groups is 1. The zero-order valence-corrected chi connectivity index (χ0v) is 24.9. The lowest BCUT2D eigenvalue weighted by atomic mass is 9.85. The van der Waals surface area contributed by atoms with Crippen molar-refractivity contribution in [2.75, 3.05) is 43.6 Å². The summed E-state index contributed by atoms with van der Waals surface area (Å²) in [5.74, 6) is 2.43. The van der Waals surface area contributed by atoms with Crippen LogP contribution in [0.3, 0.4) is 0 Å². The van der Waals surface area contributed by atoms with Crippen LogP contribution in [-0.4, -0.2) is 84.1 Å². The summed E-state index contributed by atoms with van der Waals surface area (Å²) >= 11 is 0. The van der Waals surface area contributed by atoms with E-state index in [1.165, 1.54) is 6.26 Å². The number of benzene rings is 1. The summed E-state index contributed by atoms with van der Waals surface area (Å²) in [6.07, 6.45) is 11.1. The van der Waals surface area contributed by atoms with Crippen LogP contribution in [-0.2, 0) is 14.6 Å². The Bertz CT molecular complexity index is 1430. The molecule has 0 bridgehead atoms. The lowest BCUT2D eigenvalue weighted by Crippen LogP contribution is -2.42. The van der Waals surface area contributed by atoms with E-state index in [1.54, 1.807) is 6.20 Å². The van der Waals surface area contributed by atoms with Crippen LogP contribution in [0.1, 0.15) is 51.9 Å². The van der Waals surface area contributed by atoms with Gasteiger partial charge in [0, 0.05) is 55.1 Å². The molecule has 1 aromatic carbocycles. The van der Waals surface area contributed by atoms with Crippen LogP contribution in [0.4, 0.5) is 5.95 Å². The summed E-state index contributed by atoms with van der Waals surface area (Å²) in [4.78, 5) is 24.6. The fraction of sp³-hybridized carbons (Fsp3) is 0.567. The van der Waals surface area contributed by atoms with Crippen molar-refractivity contribution in [3.8, 4) is 11.6 Å². The Morgan fingerprint density at radius 3 is 2.71 bits per heavy atom. The monoisotopic (exact) mass is 582 g/mol. The van der Waals surface area contributed by atoms with E-state index >= 15 is 0 Å². The molecular formula is C30H42N6O4S. The summed E-state index contributed by atoms with van der Waals surface area (Å²) in [6, 6.07) is 10.2. The van der Waals surface area contributed by atoms with Gasteiger partial charge >= 0.3 is 0 Å². The van der Waals surface area contributed by atoms with Gasteiger partial charge in [-0.15, -0.1) is 0 Å². The van der Waals surface area contributed by atoms with Crippen molar-refractivity contribution < 1.29 is 17.9 Å². The number of nitrogens with one attached hydrogen (secondary N) is 2. The average Bonchev–Trinajstić information content (AvgIpc) is 3.59. The number of likely N-dealkylation sites (tertiary alicyclic amines) is 1. The van der Waals surface area contributed by atoms with E-state index in [9.17, 15) is 13.2 Å². The van der Waals surface area contributed by atoms with Gasteiger partial charge in [-0.2, -0.15) is 4.98 Å². The molecule has 0 radical (unpaired) electrons. The molecule has 5 rings (SSSR count). The number of hydrogen-bond acceptors (Lipinski definition) is 8. The van der Waals surface area contributed by atoms with Crippen molar-refractivity contribution in [2.24, 2.45) is 5.92 Å². The van der Waals surface area contributed by atoms with Crippen molar-refractivity contribution >= 4 is 32.6 Å². The van der Waals surface area contributed by atoms with E-state index in [0.29, 0.717) is 24.7 Å². The number of fused-ring (bicyclic) bond motifs is 1. The zero-order valence-electron chi connectivity index (χ0n) is 24.1. The van der Waals surface area contributed by atoms with E-state index in [2.05, 4.69) is 27.4 Å². The SMILES string of the molecule is CCCN1CC[C@@H](NC(=O)C2CCC(Nc3nccc(-n4ccc5c(OCCCS(C)(=O)=O)cccc54)n3)CC2)C1. The summed E-state index contributed by atoms with van der Waals surface area (Å²) in [6.45, 7) is 5.69. The highest BCUT2D eigenvalue weighted by Gasteiger charge is 2.30. The Hall–Kier alpha value is -3.18.